The average Bonchev–Trinajstić information content (AvgIpc) is 2.77. The molecule has 1 N–H and O–H groups in total. The van der Waals surface area contributed by atoms with Gasteiger partial charge in [0.25, 0.3) is 0 Å². The van der Waals surface area contributed by atoms with Crippen LogP contribution < -0.4 is 0 Å². The highest BCUT2D eigenvalue weighted by molar-refractivity contribution is 5.81. The molecule has 0 bridgehead atoms. The molecule has 0 aliphatic heterocycles. The maximum absolute atomic E-state index is 10.8. The number of aryl methyl sites for hydroxylation is 1. The van der Waals surface area contributed by atoms with Crippen LogP contribution in [-0.2, 0) is 6.42 Å². The largest absolute Gasteiger partial charge is 0.357 e. The van der Waals surface area contributed by atoms with E-state index in [1.54, 1.807) is 6.20 Å². The van der Waals surface area contributed by atoms with Crippen molar-refractivity contribution in [1.82, 2.24) is 15.0 Å². The molecule has 0 aliphatic carbocycles. The Hall–Kier alpha value is -1.97. The van der Waals surface area contributed by atoms with Crippen molar-refractivity contribution in [3.8, 4) is 11.4 Å². The maximum atomic E-state index is 10.8. The molecule has 2 heterocycles. The van der Waals surface area contributed by atoms with Crippen LogP contribution in [-0.4, -0.2) is 21.2 Å². The highest BCUT2D eigenvalue weighted by atomic mass is 16.1. The Morgan fingerprint density at radius 2 is 2.13 bits per heavy atom. The first-order chi connectivity index (χ1) is 7.35. The zero-order valence-corrected chi connectivity index (χ0v) is 8.40. The van der Waals surface area contributed by atoms with Crippen LogP contribution in [0.1, 0.15) is 23.1 Å². The molecule has 4 heteroatoms. The van der Waals surface area contributed by atoms with Gasteiger partial charge >= 0.3 is 0 Å². The Morgan fingerprint density at radius 3 is 2.80 bits per heavy atom. The van der Waals surface area contributed by atoms with E-state index in [0.717, 1.165) is 24.1 Å². The normalized spacial score (nSPS) is 10.2. The monoisotopic (exact) mass is 201 g/mol. The Morgan fingerprint density at radius 1 is 1.33 bits per heavy atom. The van der Waals surface area contributed by atoms with E-state index >= 15 is 0 Å². The SMILES string of the molecule is CCc1ccc(-c2nccnc2C=O)[nH]1. The lowest BCUT2D eigenvalue weighted by Crippen LogP contribution is -1.95. The van der Waals surface area contributed by atoms with E-state index in [0.29, 0.717) is 11.4 Å². The van der Waals surface area contributed by atoms with E-state index in [2.05, 4.69) is 21.9 Å². The van der Waals surface area contributed by atoms with Crippen molar-refractivity contribution in [2.45, 2.75) is 13.3 Å². The minimum Gasteiger partial charge on any atom is -0.357 e. The topological polar surface area (TPSA) is 58.6 Å². The molecule has 0 atom stereocenters. The van der Waals surface area contributed by atoms with E-state index < -0.39 is 0 Å². The predicted octanol–water partition coefficient (Wildman–Crippen LogP) is 1.85. The summed E-state index contributed by atoms with van der Waals surface area (Å²) in [5.41, 5.74) is 2.92. The third-order valence-electron chi connectivity index (χ3n) is 2.22. The van der Waals surface area contributed by atoms with Crippen LogP contribution in [0.4, 0.5) is 0 Å². The van der Waals surface area contributed by atoms with Gasteiger partial charge in [-0.05, 0) is 18.6 Å². The molecule has 0 amide bonds. The first-order valence-corrected chi connectivity index (χ1v) is 4.79. The Balaban J connectivity index is 2.48. The second-order valence-corrected chi connectivity index (χ2v) is 3.16. The van der Waals surface area contributed by atoms with Gasteiger partial charge in [0.1, 0.15) is 11.4 Å². The standard InChI is InChI=1S/C11H11N3O/c1-2-8-3-4-9(14-8)11-10(7-15)12-5-6-13-11/h3-7,14H,2H2,1H3. The van der Waals surface area contributed by atoms with Gasteiger partial charge in [0.15, 0.2) is 6.29 Å². The van der Waals surface area contributed by atoms with Crippen LogP contribution >= 0.6 is 0 Å². The number of aldehydes is 1. The molecule has 0 unspecified atom stereocenters. The van der Waals surface area contributed by atoms with Gasteiger partial charge in [-0.15, -0.1) is 0 Å². The molecule has 4 nitrogen and oxygen atoms in total. The first-order valence-electron chi connectivity index (χ1n) is 4.79. The zero-order valence-electron chi connectivity index (χ0n) is 8.40. The average molecular weight is 201 g/mol. The summed E-state index contributed by atoms with van der Waals surface area (Å²) in [6.45, 7) is 2.06. The molecular weight excluding hydrogens is 190 g/mol. The van der Waals surface area contributed by atoms with Crippen LogP contribution in [0, 0.1) is 0 Å². The van der Waals surface area contributed by atoms with E-state index in [-0.39, 0.29) is 0 Å². The fourth-order valence-electron chi connectivity index (χ4n) is 1.43. The van der Waals surface area contributed by atoms with Crippen LogP contribution in [0.3, 0.4) is 0 Å². The molecule has 2 rings (SSSR count). The number of carbonyl (C=O) groups excluding carboxylic acids is 1. The summed E-state index contributed by atoms with van der Waals surface area (Å²) in [6.07, 6.45) is 4.73. The van der Waals surface area contributed by atoms with E-state index in [1.807, 2.05) is 12.1 Å². The van der Waals surface area contributed by atoms with E-state index in [4.69, 9.17) is 0 Å². The summed E-state index contributed by atoms with van der Waals surface area (Å²) in [5, 5.41) is 0. The molecule has 15 heavy (non-hydrogen) atoms. The second-order valence-electron chi connectivity index (χ2n) is 3.16. The van der Waals surface area contributed by atoms with Crippen LogP contribution in [0.5, 0.6) is 0 Å². The van der Waals surface area contributed by atoms with Crippen LogP contribution in [0.2, 0.25) is 0 Å². The van der Waals surface area contributed by atoms with Crippen molar-refractivity contribution in [2.75, 3.05) is 0 Å². The molecule has 2 aromatic heterocycles. The fraction of sp³-hybridized carbons (Fsp3) is 0.182. The Labute approximate surface area is 87.4 Å². The maximum Gasteiger partial charge on any atom is 0.170 e. The van der Waals surface area contributed by atoms with Crippen molar-refractivity contribution in [3.63, 3.8) is 0 Å². The molecule has 0 saturated heterocycles. The van der Waals surface area contributed by atoms with Gasteiger partial charge in [0.2, 0.25) is 0 Å². The Kier molecular flexibility index (Phi) is 2.58. The van der Waals surface area contributed by atoms with E-state index in [9.17, 15) is 4.79 Å². The first kappa shape index (κ1) is 9.58. The Bertz CT molecular complexity index is 476. The second kappa shape index (κ2) is 4.04. The summed E-state index contributed by atoms with van der Waals surface area (Å²) in [6, 6.07) is 3.90. The summed E-state index contributed by atoms with van der Waals surface area (Å²) in [5.74, 6) is 0. The highest BCUT2D eigenvalue weighted by Gasteiger charge is 2.08. The van der Waals surface area contributed by atoms with Gasteiger partial charge in [0, 0.05) is 18.1 Å². The van der Waals surface area contributed by atoms with Crippen LogP contribution in [0.15, 0.2) is 24.5 Å². The smallest absolute Gasteiger partial charge is 0.170 e. The number of aromatic nitrogens is 3. The lowest BCUT2D eigenvalue weighted by atomic mass is 10.2. The van der Waals surface area contributed by atoms with Crippen molar-refractivity contribution in [1.29, 1.82) is 0 Å². The molecule has 2 aromatic rings. The van der Waals surface area contributed by atoms with Gasteiger partial charge in [-0.3, -0.25) is 9.78 Å². The highest BCUT2D eigenvalue weighted by Crippen LogP contribution is 2.17. The lowest BCUT2D eigenvalue weighted by Gasteiger charge is -1.99. The molecule has 0 aliphatic rings. The van der Waals surface area contributed by atoms with Gasteiger partial charge in [-0.25, -0.2) is 4.98 Å². The summed E-state index contributed by atoms with van der Waals surface area (Å²) in [4.78, 5) is 22.1. The van der Waals surface area contributed by atoms with Gasteiger partial charge < -0.3 is 4.98 Å². The summed E-state index contributed by atoms with van der Waals surface area (Å²) in [7, 11) is 0. The number of carbonyl (C=O) groups is 1. The van der Waals surface area contributed by atoms with Crippen molar-refractivity contribution >= 4 is 6.29 Å². The van der Waals surface area contributed by atoms with Crippen molar-refractivity contribution in [2.24, 2.45) is 0 Å². The minimum atomic E-state index is 0.363. The third kappa shape index (κ3) is 1.79. The molecule has 0 saturated carbocycles. The van der Waals surface area contributed by atoms with E-state index in [1.165, 1.54) is 6.20 Å². The zero-order chi connectivity index (χ0) is 10.7. The van der Waals surface area contributed by atoms with Crippen molar-refractivity contribution in [3.05, 3.63) is 35.9 Å². The molecule has 0 spiro atoms. The lowest BCUT2D eigenvalue weighted by molar-refractivity contribution is 0.111. The summed E-state index contributed by atoms with van der Waals surface area (Å²) >= 11 is 0. The fourth-order valence-corrected chi connectivity index (χ4v) is 1.43. The molecule has 0 fully saturated rings. The number of hydrogen-bond donors (Lipinski definition) is 1. The van der Waals surface area contributed by atoms with Crippen LogP contribution in [0.25, 0.3) is 11.4 Å². The number of aromatic amines is 1. The minimum absolute atomic E-state index is 0.363. The third-order valence-corrected chi connectivity index (χ3v) is 2.22. The number of hydrogen-bond acceptors (Lipinski definition) is 3. The number of nitrogens with one attached hydrogen (secondary N) is 1. The van der Waals surface area contributed by atoms with Gasteiger partial charge in [-0.1, -0.05) is 6.92 Å². The van der Waals surface area contributed by atoms with Gasteiger partial charge in [-0.2, -0.15) is 0 Å². The van der Waals surface area contributed by atoms with Crippen molar-refractivity contribution < 1.29 is 4.79 Å². The van der Waals surface area contributed by atoms with Gasteiger partial charge in [0.05, 0.1) is 5.69 Å². The summed E-state index contributed by atoms with van der Waals surface area (Å²) < 4.78 is 0. The number of H-pyrrole nitrogens is 1. The molecular formula is C11H11N3O. The number of nitrogens with zero attached hydrogens (tertiary/aromatic N) is 2. The quantitative estimate of drug-likeness (QED) is 0.771. The molecule has 0 radical (unpaired) electrons. The molecule has 76 valence electrons. The molecule has 0 aromatic carbocycles. The predicted molar refractivity (Wildman–Crippen MR) is 56.6 cm³/mol. The number of rotatable bonds is 3.